The summed E-state index contributed by atoms with van der Waals surface area (Å²) in [7, 11) is 0. The highest BCUT2D eigenvalue weighted by atomic mass is 16.5. The highest BCUT2D eigenvalue weighted by molar-refractivity contribution is 5.94. The summed E-state index contributed by atoms with van der Waals surface area (Å²) in [5.41, 5.74) is 1.80. The Morgan fingerprint density at radius 1 is 0.970 bits per heavy atom. The summed E-state index contributed by atoms with van der Waals surface area (Å²) in [6, 6.07) is 0. The number of ether oxygens (including phenoxy) is 1. The summed E-state index contributed by atoms with van der Waals surface area (Å²) in [4.78, 5) is 24.9. The number of fused-ring (bicyclic) bond motifs is 5. The lowest BCUT2D eigenvalue weighted by Crippen LogP contribution is -2.52. The summed E-state index contributed by atoms with van der Waals surface area (Å²) in [5, 5.41) is 0. The van der Waals surface area contributed by atoms with Crippen LogP contribution in [0.25, 0.3) is 0 Å². The van der Waals surface area contributed by atoms with E-state index in [9.17, 15) is 9.59 Å². The number of rotatable bonds is 5. The van der Waals surface area contributed by atoms with Gasteiger partial charge >= 0.3 is 5.97 Å². The Labute approximate surface area is 201 Å². The quantitative estimate of drug-likeness (QED) is 0.327. The van der Waals surface area contributed by atoms with E-state index in [-0.39, 0.29) is 23.4 Å². The highest BCUT2D eigenvalue weighted by Crippen LogP contribution is 2.66. The molecule has 0 N–H and O–H groups in total. The molecule has 9 atom stereocenters. The van der Waals surface area contributed by atoms with Crippen LogP contribution in [0.4, 0.5) is 0 Å². The third-order valence-electron chi connectivity index (χ3n) is 10.7. The van der Waals surface area contributed by atoms with Crippen LogP contribution < -0.4 is 0 Å². The first-order valence-electron chi connectivity index (χ1n) is 13.6. The van der Waals surface area contributed by atoms with E-state index in [0.29, 0.717) is 53.1 Å². The van der Waals surface area contributed by atoms with Gasteiger partial charge in [-0.1, -0.05) is 59.3 Å². The Bertz CT molecular complexity index is 837. The van der Waals surface area contributed by atoms with Crippen LogP contribution in [0.5, 0.6) is 0 Å². The lowest BCUT2D eigenvalue weighted by Gasteiger charge is -2.57. The number of ketones is 1. The van der Waals surface area contributed by atoms with Gasteiger partial charge in [0.15, 0.2) is 5.78 Å². The molecule has 0 radical (unpaired) electrons. The van der Waals surface area contributed by atoms with Gasteiger partial charge in [-0.3, -0.25) is 9.59 Å². The van der Waals surface area contributed by atoms with Crippen LogP contribution in [0, 0.1) is 52.3 Å². The lowest BCUT2D eigenvalue weighted by molar-refractivity contribution is -0.155. The van der Waals surface area contributed by atoms with Crippen LogP contribution in [0.1, 0.15) is 93.4 Å². The molecular formula is C30H46O3. The van der Waals surface area contributed by atoms with Crippen molar-refractivity contribution < 1.29 is 14.3 Å². The van der Waals surface area contributed by atoms with Crippen LogP contribution >= 0.6 is 0 Å². The van der Waals surface area contributed by atoms with Gasteiger partial charge in [0.1, 0.15) is 6.10 Å². The molecule has 3 saturated carbocycles. The van der Waals surface area contributed by atoms with Gasteiger partial charge in [-0.15, -0.1) is 0 Å². The van der Waals surface area contributed by atoms with Crippen molar-refractivity contribution in [3.05, 3.63) is 23.8 Å². The summed E-state index contributed by atoms with van der Waals surface area (Å²) in [5.74, 6) is 3.72. The van der Waals surface area contributed by atoms with Gasteiger partial charge in [0.25, 0.3) is 0 Å². The molecule has 0 aromatic rings. The van der Waals surface area contributed by atoms with Crippen LogP contribution in [-0.2, 0) is 14.3 Å². The number of allylic oxidation sites excluding steroid dienone is 4. The lowest BCUT2D eigenvalue weighted by atomic mass is 9.47. The van der Waals surface area contributed by atoms with E-state index in [4.69, 9.17) is 4.74 Å². The second-order valence-electron chi connectivity index (χ2n) is 12.8. The molecule has 0 aromatic heterocycles. The molecule has 0 bridgehead atoms. The van der Waals surface area contributed by atoms with Gasteiger partial charge in [-0.05, 0) is 97.4 Å². The molecule has 0 aromatic carbocycles. The monoisotopic (exact) mass is 454 g/mol. The standard InChI is InChI=1S/C30H46O3/c1-18(2)19(3)8-9-20(4)24-10-11-25-23-17-28(32)27-16-22(33-21(5)31)12-14-30(27,7)26(23)13-15-29(24,25)6/h8-9,17-20,22,24-27H,10-16H2,1-7H3/b9-8+/t19-,20+,22-,24+,25+,26-,27+,29+,30+/m0/s1. The number of hydrogen-bond donors (Lipinski definition) is 0. The zero-order chi connectivity index (χ0) is 24.1. The molecule has 4 rings (SSSR count). The molecule has 3 nitrogen and oxygen atoms in total. The number of carbonyl (C=O) groups is 2. The Morgan fingerprint density at radius 3 is 2.30 bits per heavy atom. The van der Waals surface area contributed by atoms with Gasteiger partial charge in [0, 0.05) is 12.8 Å². The minimum atomic E-state index is -0.223. The molecule has 3 heteroatoms. The molecule has 0 spiro atoms. The van der Waals surface area contributed by atoms with Gasteiger partial charge in [0.05, 0.1) is 0 Å². The Kier molecular flexibility index (Phi) is 6.75. The zero-order valence-corrected chi connectivity index (χ0v) is 22.0. The van der Waals surface area contributed by atoms with Crippen molar-refractivity contribution in [2.24, 2.45) is 52.3 Å². The van der Waals surface area contributed by atoms with Crippen molar-refractivity contribution in [3.8, 4) is 0 Å². The second-order valence-corrected chi connectivity index (χ2v) is 12.8. The minimum Gasteiger partial charge on any atom is -0.463 e. The number of hydrogen-bond acceptors (Lipinski definition) is 3. The average Bonchev–Trinajstić information content (AvgIpc) is 3.10. The maximum atomic E-state index is 13.4. The van der Waals surface area contributed by atoms with E-state index in [2.05, 4.69) is 59.8 Å². The maximum Gasteiger partial charge on any atom is 0.302 e. The third kappa shape index (κ3) is 4.27. The van der Waals surface area contributed by atoms with Gasteiger partial charge < -0.3 is 4.74 Å². The van der Waals surface area contributed by atoms with Gasteiger partial charge in [-0.25, -0.2) is 0 Å². The van der Waals surface area contributed by atoms with Crippen molar-refractivity contribution in [2.75, 3.05) is 0 Å². The molecule has 0 heterocycles. The third-order valence-corrected chi connectivity index (χ3v) is 10.7. The second kappa shape index (κ2) is 9.00. The molecule has 3 fully saturated rings. The van der Waals surface area contributed by atoms with E-state index < -0.39 is 0 Å². The van der Waals surface area contributed by atoms with E-state index in [1.165, 1.54) is 38.2 Å². The molecular weight excluding hydrogens is 408 g/mol. The number of esters is 1. The number of carbonyl (C=O) groups excluding carboxylic acids is 2. The van der Waals surface area contributed by atoms with Crippen molar-refractivity contribution in [1.82, 2.24) is 0 Å². The van der Waals surface area contributed by atoms with E-state index in [0.717, 1.165) is 12.8 Å². The van der Waals surface area contributed by atoms with Gasteiger partial charge in [-0.2, -0.15) is 0 Å². The van der Waals surface area contributed by atoms with E-state index in [1.807, 2.05) is 0 Å². The summed E-state index contributed by atoms with van der Waals surface area (Å²) >= 11 is 0. The Balaban J connectivity index is 1.56. The van der Waals surface area contributed by atoms with Crippen LogP contribution in [0.3, 0.4) is 0 Å². The highest BCUT2D eigenvalue weighted by Gasteiger charge is 2.59. The summed E-state index contributed by atoms with van der Waals surface area (Å²) in [6.07, 6.45) is 14.5. The predicted octanol–water partition coefficient (Wildman–Crippen LogP) is 7.16. The zero-order valence-electron chi connectivity index (χ0n) is 22.0. The molecule has 184 valence electrons. The fourth-order valence-corrected chi connectivity index (χ4v) is 8.28. The molecule has 33 heavy (non-hydrogen) atoms. The first-order chi connectivity index (χ1) is 15.5. The van der Waals surface area contributed by atoms with E-state index >= 15 is 0 Å². The van der Waals surface area contributed by atoms with Crippen LogP contribution in [-0.4, -0.2) is 17.9 Å². The maximum absolute atomic E-state index is 13.4. The van der Waals surface area contributed by atoms with Crippen molar-refractivity contribution in [2.45, 2.75) is 99.5 Å². The molecule has 0 aliphatic heterocycles. The predicted molar refractivity (Wildman–Crippen MR) is 133 cm³/mol. The fourth-order valence-electron chi connectivity index (χ4n) is 8.28. The summed E-state index contributed by atoms with van der Waals surface area (Å²) < 4.78 is 5.53. The topological polar surface area (TPSA) is 43.4 Å². The van der Waals surface area contributed by atoms with E-state index in [1.54, 1.807) is 0 Å². The van der Waals surface area contributed by atoms with Crippen molar-refractivity contribution in [3.63, 3.8) is 0 Å². The Hall–Kier alpha value is -1.38. The molecule has 0 amide bonds. The first kappa shape index (κ1) is 24.7. The average molecular weight is 455 g/mol. The molecule has 4 aliphatic carbocycles. The minimum absolute atomic E-state index is 0.00489. The smallest absolute Gasteiger partial charge is 0.302 e. The molecule has 0 saturated heterocycles. The molecule has 0 unspecified atom stereocenters. The SMILES string of the molecule is CC(=O)O[C@H]1CC[C@@]2(C)[C@H](C1)C(=O)C=C1[C@H]3CC[C@H]([C@H](C)/C=C/[C@H](C)C(C)C)[C@@]3(C)CC[C@@H]12. The first-order valence-corrected chi connectivity index (χ1v) is 13.6. The normalized spacial score (nSPS) is 42.4. The van der Waals surface area contributed by atoms with Crippen LogP contribution in [0.2, 0.25) is 0 Å². The van der Waals surface area contributed by atoms with Crippen molar-refractivity contribution in [1.29, 1.82) is 0 Å². The summed E-state index contributed by atoms with van der Waals surface area (Å²) in [6.45, 7) is 15.7. The fraction of sp³-hybridized carbons (Fsp3) is 0.800. The van der Waals surface area contributed by atoms with Gasteiger partial charge in [0.2, 0.25) is 0 Å². The largest absolute Gasteiger partial charge is 0.463 e. The Morgan fingerprint density at radius 2 is 1.64 bits per heavy atom. The van der Waals surface area contributed by atoms with Crippen LogP contribution in [0.15, 0.2) is 23.8 Å². The molecule has 4 aliphatic rings. The van der Waals surface area contributed by atoms with Crippen molar-refractivity contribution >= 4 is 11.8 Å².